The van der Waals surface area contributed by atoms with Crippen molar-refractivity contribution in [2.24, 2.45) is 0 Å². The molecule has 1 aliphatic carbocycles. The van der Waals surface area contributed by atoms with Crippen molar-refractivity contribution < 1.29 is 5.11 Å². The number of rotatable bonds is 6. The number of hydrogen-bond acceptors (Lipinski definition) is 1. The van der Waals surface area contributed by atoms with Gasteiger partial charge in [-0.15, -0.1) is 0 Å². The van der Waals surface area contributed by atoms with Crippen LogP contribution < -0.4 is 0 Å². The molecule has 160 valence electrons. The van der Waals surface area contributed by atoms with E-state index in [4.69, 9.17) is 0 Å². The highest BCUT2D eigenvalue weighted by Gasteiger charge is 2.06. The summed E-state index contributed by atoms with van der Waals surface area (Å²) < 4.78 is 2.11. The molecule has 4 heteroatoms. The first-order valence-electron chi connectivity index (χ1n) is 10.4. The summed E-state index contributed by atoms with van der Waals surface area (Å²) in [5, 5.41) is 12.0. The molecule has 0 bridgehead atoms. The maximum atomic E-state index is 10.8. The highest BCUT2D eigenvalue weighted by molar-refractivity contribution is 9.11. The smallest absolute Gasteiger partial charge is 0.123 e. The van der Waals surface area contributed by atoms with Gasteiger partial charge in [-0.1, -0.05) is 105 Å². The van der Waals surface area contributed by atoms with Crippen molar-refractivity contribution in [1.29, 1.82) is 0 Å². The Morgan fingerprint density at radius 1 is 1.03 bits per heavy atom. The minimum atomic E-state index is 0.242. The molecular weight excluding hydrogens is 526 g/mol. The van der Waals surface area contributed by atoms with Crippen LogP contribution in [0.5, 0.6) is 0 Å². The summed E-state index contributed by atoms with van der Waals surface area (Å²) in [7, 11) is 0. The Morgan fingerprint density at radius 2 is 1.84 bits per heavy atom. The van der Waals surface area contributed by atoms with Crippen LogP contribution in [0.4, 0.5) is 0 Å². The Morgan fingerprint density at radius 3 is 2.69 bits per heavy atom. The molecule has 0 aliphatic heterocycles. The van der Waals surface area contributed by atoms with Gasteiger partial charge in [-0.2, -0.15) is 0 Å². The fourth-order valence-corrected chi connectivity index (χ4v) is 4.11. The first-order valence-corrected chi connectivity index (χ1v) is 12.0. The van der Waals surface area contributed by atoms with Gasteiger partial charge in [0.25, 0.3) is 0 Å². The third kappa shape index (κ3) is 5.70. The van der Waals surface area contributed by atoms with Crippen LogP contribution in [0.1, 0.15) is 24.0 Å². The number of aromatic nitrogens is 1. The number of nitrogens with one attached hydrogen (secondary N) is 1. The average Bonchev–Trinajstić information content (AvgIpc) is 3.09. The maximum Gasteiger partial charge on any atom is 0.123 e. The van der Waals surface area contributed by atoms with Gasteiger partial charge in [-0.25, -0.2) is 0 Å². The molecule has 32 heavy (non-hydrogen) atoms. The number of aliphatic hydroxyl groups excluding tert-OH is 1. The molecule has 0 radical (unpaired) electrons. The topological polar surface area (TPSA) is 36.0 Å². The van der Waals surface area contributed by atoms with E-state index >= 15 is 0 Å². The molecule has 0 amide bonds. The van der Waals surface area contributed by atoms with E-state index in [-0.39, 0.29) is 5.76 Å². The first kappa shape index (κ1) is 22.4. The Balaban J connectivity index is 1.61. The van der Waals surface area contributed by atoms with Crippen LogP contribution in [0.2, 0.25) is 0 Å². The molecule has 3 aromatic rings. The van der Waals surface area contributed by atoms with Crippen molar-refractivity contribution in [1.82, 2.24) is 4.98 Å². The van der Waals surface area contributed by atoms with E-state index in [2.05, 4.69) is 97.6 Å². The number of fused-ring (bicyclic) bond motifs is 1. The molecule has 0 unspecified atom stereocenters. The fraction of sp³-hybridized carbons (Fsp3) is 0.0714. The number of aromatic amines is 1. The van der Waals surface area contributed by atoms with Crippen LogP contribution in [0.15, 0.2) is 117 Å². The highest BCUT2D eigenvalue weighted by Crippen LogP contribution is 2.25. The molecular formula is C28H23Br2NO. The molecule has 1 heterocycles. The average molecular weight is 549 g/mol. The second-order valence-corrected chi connectivity index (χ2v) is 9.40. The quantitative estimate of drug-likeness (QED) is 0.234. The van der Waals surface area contributed by atoms with E-state index in [9.17, 15) is 5.11 Å². The summed E-state index contributed by atoms with van der Waals surface area (Å²) in [5.74, 6) is 0.242. The Labute approximate surface area is 205 Å². The van der Waals surface area contributed by atoms with Crippen molar-refractivity contribution in [2.45, 2.75) is 12.8 Å². The summed E-state index contributed by atoms with van der Waals surface area (Å²) in [6, 6.07) is 15.9. The van der Waals surface area contributed by atoms with Crippen LogP contribution in [0, 0.1) is 0 Å². The molecule has 0 spiro atoms. The molecule has 2 N–H and O–H groups in total. The number of benzene rings is 2. The van der Waals surface area contributed by atoms with Gasteiger partial charge in [0.05, 0.1) is 0 Å². The van der Waals surface area contributed by atoms with Crippen LogP contribution in [-0.2, 0) is 0 Å². The van der Waals surface area contributed by atoms with Gasteiger partial charge in [0, 0.05) is 27.1 Å². The molecule has 0 saturated heterocycles. The lowest BCUT2D eigenvalue weighted by atomic mass is 10.0. The van der Waals surface area contributed by atoms with Crippen LogP contribution in [0.25, 0.3) is 22.7 Å². The van der Waals surface area contributed by atoms with Gasteiger partial charge in [0.2, 0.25) is 0 Å². The standard InChI is InChI=1S/C28H23Br2NO/c29-24-9-5-8-20(12-15-24)22(18-28(32)21-13-16-25(30)17-14-21)6-1-2-7-23-19-31-27-11-4-3-10-26(23)27/h2-8,10-19,31-32H,1,9H2/b7-2+,22-6+,28-18-. The normalized spacial score (nSPS) is 15.2. The van der Waals surface area contributed by atoms with E-state index in [1.165, 1.54) is 10.9 Å². The largest absolute Gasteiger partial charge is 0.507 e. The lowest BCUT2D eigenvalue weighted by Crippen LogP contribution is -1.88. The minimum Gasteiger partial charge on any atom is -0.507 e. The van der Waals surface area contributed by atoms with Crippen molar-refractivity contribution in [2.75, 3.05) is 0 Å². The fourth-order valence-electron chi connectivity index (χ4n) is 3.53. The zero-order valence-electron chi connectivity index (χ0n) is 17.4. The highest BCUT2D eigenvalue weighted by atomic mass is 79.9. The molecule has 2 aromatic carbocycles. The Kier molecular flexibility index (Phi) is 7.46. The van der Waals surface area contributed by atoms with E-state index in [1.807, 2.05) is 42.6 Å². The third-order valence-electron chi connectivity index (χ3n) is 5.21. The van der Waals surface area contributed by atoms with Crippen LogP contribution in [0.3, 0.4) is 0 Å². The number of allylic oxidation sites excluding steroid dienone is 10. The predicted molar refractivity (Wildman–Crippen MR) is 144 cm³/mol. The number of aliphatic hydroxyl groups is 1. The van der Waals surface area contributed by atoms with Gasteiger partial charge in [0.15, 0.2) is 0 Å². The summed E-state index contributed by atoms with van der Waals surface area (Å²) in [6.45, 7) is 0. The van der Waals surface area contributed by atoms with Crippen molar-refractivity contribution in [3.63, 3.8) is 0 Å². The monoisotopic (exact) mass is 547 g/mol. The molecule has 1 aromatic heterocycles. The SMILES string of the molecule is O/C(=C\C(=C/C/C=C/c1c[nH]c2ccccc12)C1=CC=C(Br)CC=C1)c1ccc(Br)cc1. The van der Waals surface area contributed by atoms with Gasteiger partial charge in [0.1, 0.15) is 5.76 Å². The van der Waals surface area contributed by atoms with Gasteiger partial charge >= 0.3 is 0 Å². The molecule has 4 rings (SSSR count). The summed E-state index contributed by atoms with van der Waals surface area (Å²) >= 11 is 7.02. The number of H-pyrrole nitrogens is 1. The van der Waals surface area contributed by atoms with Crippen LogP contribution in [-0.4, -0.2) is 10.1 Å². The first-order chi connectivity index (χ1) is 15.6. The van der Waals surface area contributed by atoms with Crippen molar-refractivity contribution in [3.8, 4) is 0 Å². The van der Waals surface area contributed by atoms with E-state index in [1.54, 1.807) is 0 Å². The summed E-state index contributed by atoms with van der Waals surface area (Å²) in [4.78, 5) is 3.31. The molecule has 0 saturated carbocycles. The lowest BCUT2D eigenvalue weighted by molar-refractivity contribution is 0.511. The number of halogens is 2. The summed E-state index contributed by atoms with van der Waals surface area (Å²) in [5.41, 5.74) is 5.12. The summed E-state index contributed by atoms with van der Waals surface area (Å²) in [6.07, 6.45) is 20.3. The second kappa shape index (κ2) is 10.7. The van der Waals surface area contributed by atoms with Crippen LogP contribution >= 0.6 is 31.9 Å². The second-order valence-electron chi connectivity index (χ2n) is 7.47. The minimum absolute atomic E-state index is 0.242. The van der Waals surface area contributed by atoms with E-state index in [0.717, 1.165) is 44.0 Å². The zero-order valence-corrected chi connectivity index (χ0v) is 20.6. The third-order valence-corrected chi connectivity index (χ3v) is 6.33. The number of hydrogen-bond donors (Lipinski definition) is 2. The lowest BCUT2D eigenvalue weighted by Gasteiger charge is -2.06. The Hall–Kier alpha value is -2.82. The van der Waals surface area contributed by atoms with E-state index in [0.29, 0.717) is 0 Å². The maximum absolute atomic E-state index is 10.8. The molecule has 2 nitrogen and oxygen atoms in total. The van der Waals surface area contributed by atoms with Crippen molar-refractivity contribution >= 4 is 54.6 Å². The molecule has 0 atom stereocenters. The number of para-hydroxylation sites is 1. The van der Waals surface area contributed by atoms with Crippen molar-refractivity contribution in [3.05, 3.63) is 128 Å². The predicted octanol–water partition coefficient (Wildman–Crippen LogP) is 9.02. The van der Waals surface area contributed by atoms with Gasteiger partial charge in [-0.05, 0) is 58.3 Å². The van der Waals surface area contributed by atoms with Gasteiger partial charge < -0.3 is 10.1 Å². The molecule has 0 fully saturated rings. The zero-order chi connectivity index (χ0) is 22.3. The Bertz CT molecular complexity index is 1280. The van der Waals surface area contributed by atoms with Gasteiger partial charge in [-0.3, -0.25) is 0 Å². The molecule has 1 aliphatic rings. The van der Waals surface area contributed by atoms with E-state index < -0.39 is 0 Å².